The van der Waals surface area contributed by atoms with Crippen molar-refractivity contribution in [1.82, 2.24) is 0 Å². The maximum atomic E-state index is 11.1. The summed E-state index contributed by atoms with van der Waals surface area (Å²) in [6, 6.07) is 0. The van der Waals surface area contributed by atoms with Gasteiger partial charge in [-0.05, 0) is 110 Å². The predicted octanol–water partition coefficient (Wildman–Crippen LogP) is 7.49. The van der Waals surface area contributed by atoms with Gasteiger partial charge in [-0.3, -0.25) is 0 Å². The highest BCUT2D eigenvalue weighted by atomic mass is 16.3. The van der Waals surface area contributed by atoms with Crippen LogP contribution in [0.3, 0.4) is 0 Å². The van der Waals surface area contributed by atoms with Crippen molar-refractivity contribution < 1.29 is 5.11 Å². The van der Waals surface area contributed by atoms with E-state index < -0.39 is 0 Å². The molecule has 166 valence electrons. The lowest BCUT2D eigenvalue weighted by molar-refractivity contribution is -0.163. The Hall–Kier alpha value is -0.300. The number of fused-ring (bicyclic) bond motifs is 5. The summed E-state index contributed by atoms with van der Waals surface area (Å²) in [6.07, 6.45) is 17.2. The largest absolute Gasteiger partial charge is 0.393 e. The van der Waals surface area contributed by atoms with Gasteiger partial charge in [-0.2, -0.15) is 0 Å². The van der Waals surface area contributed by atoms with E-state index in [4.69, 9.17) is 0 Å². The third-order valence-corrected chi connectivity index (χ3v) is 11.2. The first-order chi connectivity index (χ1) is 13.7. The molecule has 4 aliphatic rings. The minimum atomic E-state index is -0.0463. The van der Waals surface area contributed by atoms with Gasteiger partial charge in [0, 0.05) is 0 Å². The van der Waals surface area contributed by atoms with Crippen LogP contribution in [0.2, 0.25) is 0 Å². The number of aliphatic hydroxyl groups is 1. The topological polar surface area (TPSA) is 20.2 Å². The molecular formula is C28H48O. The number of allylic oxidation sites excluding steroid dienone is 2. The quantitative estimate of drug-likeness (QED) is 0.485. The Morgan fingerprint density at radius 3 is 2.31 bits per heavy atom. The van der Waals surface area contributed by atoms with Gasteiger partial charge in [-0.15, -0.1) is 0 Å². The second-order valence-corrected chi connectivity index (χ2v) is 12.5. The van der Waals surface area contributed by atoms with Crippen LogP contribution < -0.4 is 0 Å². The molecule has 1 unspecified atom stereocenters. The van der Waals surface area contributed by atoms with Crippen LogP contribution in [0.25, 0.3) is 0 Å². The number of rotatable bonds is 4. The Bertz CT molecular complexity index is 607. The lowest BCUT2D eigenvalue weighted by Crippen LogP contribution is -2.57. The molecule has 0 amide bonds. The Morgan fingerprint density at radius 1 is 0.828 bits per heavy atom. The Kier molecular flexibility index (Phi) is 6.04. The van der Waals surface area contributed by atoms with Crippen molar-refractivity contribution >= 4 is 0 Å². The van der Waals surface area contributed by atoms with Crippen LogP contribution in [-0.4, -0.2) is 11.2 Å². The van der Waals surface area contributed by atoms with Gasteiger partial charge in [0.1, 0.15) is 0 Å². The molecular weight excluding hydrogens is 352 g/mol. The van der Waals surface area contributed by atoms with Crippen molar-refractivity contribution in [1.29, 1.82) is 0 Å². The van der Waals surface area contributed by atoms with Gasteiger partial charge in [0.2, 0.25) is 0 Å². The molecule has 29 heavy (non-hydrogen) atoms. The van der Waals surface area contributed by atoms with Crippen LogP contribution in [0.4, 0.5) is 0 Å². The van der Waals surface area contributed by atoms with Gasteiger partial charge >= 0.3 is 0 Å². The Balaban J connectivity index is 1.53. The van der Waals surface area contributed by atoms with E-state index in [2.05, 4.69) is 53.7 Å². The number of hydrogen-bond acceptors (Lipinski definition) is 1. The van der Waals surface area contributed by atoms with Crippen LogP contribution in [0, 0.1) is 58.2 Å². The fraction of sp³-hybridized carbons (Fsp3) is 0.929. The van der Waals surface area contributed by atoms with E-state index in [1.54, 1.807) is 0 Å². The molecule has 4 rings (SSSR count). The monoisotopic (exact) mass is 400 g/mol. The summed E-state index contributed by atoms with van der Waals surface area (Å²) in [6.45, 7) is 14.7. The van der Waals surface area contributed by atoms with E-state index in [0.29, 0.717) is 17.3 Å². The molecule has 0 heterocycles. The molecule has 0 radical (unpaired) electrons. The van der Waals surface area contributed by atoms with E-state index >= 15 is 0 Å². The zero-order valence-electron chi connectivity index (χ0n) is 20.2. The van der Waals surface area contributed by atoms with Gasteiger partial charge in [0.25, 0.3) is 0 Å². The fourth-order valence-corrected chi connectivity index (χ4v) is 8.92. The molecule has 1 nitrogen and oxygen atoms in total. The average molecular weight is 401 g/mol. The minimum Gasteiger partial charge on any atom is -0.393 e. The molecule has 1 heteroatoms. The fourth-order valence-electron chi connectivity index (χ4n) is 8.92. The minimum absolute atomic E-state index is 0.0463. The molecule has 4 aliphatic carbocycles. The summed E-state index contributed by atoms with van der Waals surface area (Å²) in [5.74, 6) is 6.31. The van der Waals surface area contributed by atoms with Crippen LogP contribution in [0.15, 0.2) is 12.2 Å². The molecule has 0 spiro atoms. The average Bonchev–Trinajstić information content (AvgIpc) is 3.04. The summed E-state index contributed by atoms with van der Waals surface area (Å²) < 4.78 is 0. The molecule has 1 N–H and O–H groups in total. The SMILES string of the molecule is CC(C)[C@H](C)/C=C/[C@@H](C)[C@H]1CC[C@H]2[C@H]3CC[C@H]4CCCC(O)[C@]4(C)[C@H]3CC[C@]12C. The van der Waals surface area contributed by atoms with E-state index in [0.717, 1.165) is 41.9 Å². The molecule has 0 aliphatic heterocycles. The van der Waals surface area contributed by atoms with E-state index in [1.165, 1.54) is 51.4 Å². The van der Waals surface area contributed by atoms with E-state index in [1.807, 2.05) is 0 Å². The summed E-state index contributed by atoms with van der Waals surface area (Å²) in [4.78, 5) is 0. The maximum absolute atomic E-state index is 11.1. The summed E-state index contributed by atoms with van der Waals surface area (Å²) in [5, 5.41) is 11.1. The summed E-state index contributed by atoms with van der Waals surface area (Å²) in [5.41, 5.74) is 0.730. The van der Waals surface area contributed by atoms with Crippen LogP contribution in [0.1, 0.15) is 99.3 Å². The summed E-state index contributed by atoms with van der Waals surface area (Å²) in [7, 11) is 0. The van der Waals surface area contributed by atoms with Crippen LogP contribution >= 0.6 is 0 Å². The van der Waals surface area contributed by atoms with Crippen LogP contribution in [-0.2, 0) is 0 Å². The first kappa shape index (κ1) is 21.9. The molecule has 0 bridgehead atoms. The van der Waals surface area contributed by atoms with E-state index in [9.17, 15) is 5.11 Å². The normalized spacial score (nSPS) is 49.5. The number of aliphatic hydroxyl groups excluding tert-OH is 1. The Labute approximate surface area is 181 Å². The van der Waals surface area contributed by atoms with Crippen molar-refractivity contribution in [3.63, 3.8) is 0 Å². The van der Waals surface area contributed by atoms with E-state index in [-0.39, 0.29) is 11.5 Å². The van der Waals surface area contributed by atoms with Crippen molar-refractivity contribution in [2.24, 2.45) is 58.2 Å². The third-order valence-electron chi connectivity index (χ3n) is 11.2. The lowest BCUT2D eigenvalue weighted by atomic mass is 9.44. The Morgan fingerprint density at radius 2 is 1.59 bits per heavy atom. The van der Waals surface area contributed by atoms with Crippen molar-refractivity contribution in [3.8, 4) is 0 Å². The molecule has 4 saturated carbocycles. The number of hydrogen-bond donors (Lipinski definition) is 1. The van der Waals surface area contributed by atoms with Gasteiger partial charge in [-0.1, -0.05) is 60.1 Å². The first-order valence-corrected chi connectivity index (χ1v) is 13.1. The second kappa shape index (κ2) is 7.99. The van der Waals surface area contributed by atoms with Gasteiger partial charge in [0.15, 0.2) is 0 Å². The highest BCUT2D eigenvalue weighted by molar-refractivity contribution is 5.12. The highest BCUT2D eigenvalue weighted by Crippen LogP contribution is 2.68. The van der Waals surface area contributed by atoms with Gasteiger partial charge in [-0.25, -0.2) is 0 Å². The highest BCUT2D eigenvalue weighted by Gasteiger charge is 2.61. The molecule has 0 aromatic carbocycles. The van der Waals surface area contributed by atoms with Gasteiger partial charge < -0.3 is 5.11 Å². The summed E-state index contributed by atoms with van der Waals surface area (Å²) >= 11 is 0. The molecule has 0 aromatic heterocycles. The maximum Gasteiger partial charge on any atom is 0.0599 e. The van der Waals surface area contributed by atoms with Crippen molar-refractivity contribution in [2.45, 2.75) is 105 Å². The zero-order valence-corrected chi connectivity index (χ0v) is 20.2. The third kappa shape index (κ3) is 3.46. The zero-order chi connectivity index (χ0) is 21.0. The smallest absolute Gasteiger partial charge is 0.0599 e. The second-order valence-electron chi connectivity index (χ2n) is 12.5. The standard InChI is InChI=1S/C28H48O/c1-18(2)19(3)10-11-20(4)23-14-15-24-22-13-12-21-8-7-9-26(29)28(21,6)25(22)16-17-27(23,24)5/h10-11,18-26,29H,7-9,12-17H2,1-6H3/b11-10+/t19-,20-,21-,22-,23-,24+,25+,26?,27-,28+/m1/s1. The molecule has 10 atom stereocenters. The van der Waals surface area contributed by atoms with Crippen molar-refractivity contribution in [3.05, 3.63) is 12.2 Å². The predicted molar refractivity (Wildman–Crippen MR) is 124 cm³/mol. The molecule has 0 aromatic rings. The molecule has 4 fully saturated rings. The van der Waals surface area contributed by atoms with Gasteiger partial charge in [0.05, 0.1) is 6.10 Å². The first-order valence-electron chi connectivity index (χ1n) is 13.1. The van der Waals surface area contributed by atoms with Crippen molar-refractivity contribution in [2.75, 3.05) is 0 Å². The molecule has 0 saturated heterocycles. The lowest BCUT2D eigenvalue weighted by Gasteiger charge is -2.62. The van der Waals surface area contributed by atoms with Crippen LogP contribution in [0.5, 0.6) is 0 Å².